The molecule has 0 bridgehead atoms. The molecule has 0 saturated heterocycles. The molecule has 0 aliphatic carbocycles. The fraction of sp³-hybridized carbons (Fsp3) is 0.143. The van der Waals surface area contributed by atoms with Crippen molar-refractivity contribution in [1.29, 1.82) is 0 Å². The van der Waals surface area contributed by atoms with Gasteiger partial charge < -0.3 is 4.57 Å². The molecule has 2 aromatic heterocycles. The molecule has 3 nitrogen and oxygen atoms in total. The summed E-state index contributed by atoms with van der Waals surface area (Å²) in [5, 5.41) is 10.2. The van der Waals surface area contributed by atoms with Gasteiger partial charge in [0.25, 0.3) is 0 Å². The molecule has 0 atom stereocenters. The smallest absolute Gasteiger partial charge is 0.191 e. The van der Waals surface area contributed by atoms with Crippen LogP contribution in [0.3, 0.4) is 0 Å². The Hall–Kier alpha value is -0.820. The number of rotatable bonds is 4. The van der Waals surface area contributed by atoms with E-state index in [-0.39, 0.29) is 0 Å². The second kappa shape index (κ2) is 6.52. The van der Waals surface area contributed by atoms with Crippen molar-refractivity contribution in [2.45, 2.75) is 10.9 Å². The highest BCUT2D eigenvalue weighted by atomic mass is 79.9. The zero-order valence-corrected chi connectivity index (χ0v) is 15.1. The molecule has 1 aromatic carbocycles. The number of hydrogen-bond donors (Lipinski definition) is 0. The second-order valence-electron chi connectivity index (χ2n) is 4.37. The van der Waals surface area contributed by atoms with Crippen molar-refractivity contribution < 1.29 is 0 Å². The van der Waals surface area contributed by atoms with Crippen LogP contribution in [0.2, 0.25) is 5.02 Å². The van der Waals surface area contributed by atoms with Crippen LogP contribution >= 0.6 is 50.6 Å². The monoisotopic (exact) mass is 399 g/mol. The lowest BCUT2D eigenvalue weighted by Gasteiger charge is -2.03. The summed E-state index contributed by atoms with van der Waals surface area (Å²) in [4.78, 5) is 1.31. The van der Waals surface area contributed by atoms with Crippen molar-refractivity contribution in [3.8, 4) is 11.4 Å². The van der Waals surface area contributed by atoms with Crippen molar-refractivity contribution in [2.75, 3.05) is 0 Å². The third kappa shape index (κ3) is 3.51. The summed E-state index contributed by atoms with van der Waals surface area (Å²) in [6.07, 6.45) is 0. The Morgan fingerprint density at radius 1 is 1.19 bits per heavy atom. The van der Waals surface area contributed by atoms with Crippen molar-refractivity contribution >= 4 is 50.6 Å². The summed E-state index contributed by atoms with van der Waals surface area (Å²) in [5.74, 6) is 1.74. The maximum Gasteiger partial charge on any atom is 0.191 e. The van der Waals surface area contributed by atoms with Gasteiger partial charge in [-0.15, -0.1) is 21.5 Å². The summed E-state index contributed by atoms with van der Waals surface area (Å²) in [6, 6.07) is 11.8. The fourth-order valence-corrected chi connectivity index (χ4v) is 4.42. The molecule has 0 radical (unpaired) electrons. The molecular formula is C14H11BrClN3S2. The Bertz CT molecular complexity index is 752. The number of thioether (sulfide) groups is 1. The second-order valence-corrected chi connectivity index (χ2v) is 8.29. The molecule has 0 saturated carbocycles. The highest BCUT2D eigenvalue weighted by molar-refractivity contribution is 9.11. The highest BCUT2D eigenvalue weighted by Gasteiger charge is 2.11. The van der Waals surface area contributed by atoms with Gasteiger partial charge in [-0.3, -0.25) is 0 Å². The van der Waals surface area contributed by atoms with Gasteiger partial charge in [-0.2, -0.15) is 0 Å². The van der Waals surface area contributed by atoms with E-state index < -0.39 is 0 Å². The van der Waals surface area contributed by atoms with Gasteiger partial charge >= 0.3 is 0 Å². The highest BCUT2D eigenvalue weighted by Crippen LogP contribution is 2.30. The van der Waals surface area contributed by atoms with E-state index in [1.54, 1.807) is 23.1 Å². The molecule has 0 aliphatic heterocycles. The Balaban J connectivity index is 1.77. The van der Waals surface area contributed by atoms with E-state index in [4.69, 9.17) is 11.6 Å². The van der Waals surface area contributed by atoms with Crippen LogP contribution in [0.5, 0.6) is 0 Å². The third-order valence-corrected chi connectivity index (χ3v) is 6.04. The molecule has 0 aliphatic rings. The number of thiophene rings is 1. The quantitative estimate of drug-likeness (QED) is 0.560. The van der Waals surface area contributed by atoms with Crippen molar-refractivity contribution in [3.05, 3.63) is 50.1 Å². The minimum absolute atomic E-state index is 0.721. The number of halogens is 2. The molecule has 21 heavy (non-hydrogen) atoms. The largest absolute Gasteiger partial charge is 0.305 e. The van der Waals surface area contributed by atoms with E-state index in [1.807, 2.05) is 35.9 Å². The van der Waals surface area contributed by atoms with Crippen LogP contribution in [-0.4, -0.2) is 14.8 Å². The minimum atomic E-state index is 0.721. The van der Waals surface area contributed by atoms with Crippen molar-refractivity contribution in [3.63, 3.8) is 0 Å². The van der Waals surface area contributed by atoms with Gasteiger partial charge in [-0.25, -0.2) is 0 Å². The van der Waals surface area contributed by atoms with Gasteiger partial charge in [0, 0.05) is 28.3 Å². The number of aromatic nitrogens is 3. The molecule has 0 fully saturated rings. The number of benzene rings is 1. The standard InChI is InChI=1S/C14H11BrClN3S2/c1-19-13(9-2-4-10(16)5-3-9)17-18-14(19)20-8-11-6-7-12(15)21-11/h2-7H,8H2,1H3. The number of hydrogen-bond acceptors (Lipinski definition) is 4. The summed E-state index contributed by atoms with van der Waals surface area (Å²) < 4.78 is 3.16. The summed E-state index contributed by atoms with van der Waals surface area (Å²) in [5.41, 5.74) is 1.01. The van der Waals surface area contributed by atoms with Gasteiger partial charge in [-0.05, 0) is 52.3 Å². The normalized spacial score (nSPS) is 11.0. The lowest BCUT2D eigenvalue weighted by atomic mass is 10.2. The average molecular weight is 401 g/mol. The van der Waals surface area contributed by atoms with E-state index in [0.29, 0.717) is 0 Å². The van der Waals surface area contributed by atoms with E-state index in [1.165, 1.54) is 4.88 Å². The van der Waals surface area contributed by atoms with Crippen LogP contribution < -0.4 is 0 Å². The van der Waals surface area contributed by atoms with Crippen molar-refractivity contribution in [1.82, 2.24) is 14.8 Å². The van der Waals surface area contributed by atoms with Crippen LogP contribution in [0.4, 0.5) is 0 Å². The SMILES string of the molecule is Cn1c(SCc2ccc(Br)s2)nnc1-c1ccc(Cl)cc1. The molecule has 0 amide bonds. The van der Waals surface area contributed by atoms with Gasteiger partial charge in [0.05, 0.1) is 3.79 Å². The predicted molar refractivity (Wildman–Crippen MR) is 93.0 cm³/mol. The van der Waals surface area contributed by atoms with Crippen LogP contribution in [0, 0.1) is 0 Å². The van der Waals surface area contributed by atoms with E-state index >= 15 is 0 Å². The zero-order chi connectivity index (χ0) is 14.8. The first kappa shape index (κ1) is 15.1. The maximum absolute atomic E-state index is 5.91. The fourth-order valence-electron chi connectivity index (χ4n) is 1.86. The van der Waals surface area contributed by atoms with E-state index in [9.17, 15) is 0 Å². The van der Waals surface area contributed by atoms with Crippen LogP contribution in [-0.2, 0) is 12.8 Å². The Labute approximate surface area is 144 Å². The topological polar surface area (TPSA) is 30.7 Å². The Kier molecular flexibility index (Phi) is 4.69. The van der Waals surface area contributed by atoms with Gasteiger partial charge in [0.2, 0.25) is 0 Å². The molecular weight excluding hydrogens is 390 g/mol. The lowest BCUT2D eigenvalue weighted by Crippen LogP contribution is -1.94. The van der Waals surface area contributed by atoms with Crippen LogP contribution in [0.1, 0.15) is 4.88 Å². The summed E-state index contributed by atoms with van der Waals surface area (Å²) in [6.45, 7) is 0. The molecule has 0 N–H and O–H groups in total. The molecule has 3 rings (SSSR count). The molecule has 3 aromatic rings. The van der Waals surface area contributed by atoms with Gasteiger partial charge in [0.15, 0.2) is 11.0 Å². The first-order valence-electron chi connectivity index (χ1n) is 6.16. The molecule has 2 heterocycles. The summed E-state index contributed by atoms with van der Waals surface area (Å²) >= 11 is 12.8. The predicted octanol–water partition coefficient (Wildman–Crippen LogP) is 5.25. The first-order chi connectivity index (χ1) is 10.1. The third-order valence-electron chi connectivity index (χ3n) is 2.91. The Morgan fingerprint density at radius 2 is 1.95 bits per heavy atom. The van der Waals surface area contributed by atoms with E-state index in [0.717, 1.165) is 31.1 Å². The molecule has 0 unspecified atom stereocenters. The first-order valence-corrected chi connectivity index (χ1v) is 9.13. The van der Waals surface area contributed by atoms with Gasteiger partial charge in [-0.1, -0.05) is 23.4 Å². The molecule has 108 valence electrons. The van der Waals surface area contributed by atoms with Gasteiger partial charge in [0.1, 0.15) is 0 Å². The molecule has 0 spiro atoms. The Morgan fingerprint density at radius 3 is 2.62 bits per heavy atom. The average Bonchev–Trinajstić information content (AvgIpc) is 3.04. The minimum Gasteiger partial charge on any atom is -0.305 e. The lowest BCUT2D eigenvalue weighted by molar-refractivity contribution is 0.794. The van der Waals surface area contributed by atoms with Crippen molar-refractivity contribution in [2.24, 2.45) is 7.05 Å². The zero-order valence-electron chi connectivity index (χ0n) is 11.1. The number of nitrogens with zero attached hydrogens (tertiary/aromatic N) is 3. The molecule has 7 heteroatoms. The van der Waals surface area contributed by atoms with Crippen LogP contribution in [0.15, 0.2) is 45.3 Å². The van der Waals surface area contributed by atoms with E-state index in [2.05, 4.69) is 38.3 Å². The summed E-state index contributed by atoms with van der Waals surface area (Å²) in [7, 11) is 1.98. The van der Waals surface area contributed by atoms with Crippen LogP contribution in [0.25, 0.3) is 11.4 Å². The maximum atomic E-state index is 5.91.